The first-order chi connectivity index (χ1) is 4.96. The van der Waals surface area contributed by atoms with Gasteiger partial charge in [-0.3, -0.25) is 0 Å². The van der Waals surface area contributed by atoms with E-state index in [4.69, 9.17) is 20.4 Å². The van der Waals surface area contributed by atoms with Gasteiger partial charge in [0.1, 0.15) is 12.2 Å². The summed E-state index contributed by atoms with van der Waals surface area (Å²) in [5.41, 5.74) is 0. The standard InChI is InChI=1S/C5H9FO5/c6-5(10)3(8)2(7)1-11-4(5)9/h2-4,7-10H,1H2/t2-,3+,4?,5+/m1/s1. The smallest absolute Gasteiger partial charge is 0.286 e. The van der Waals surface area contributed by atoms with Crippen LogP contribution in [-0.4, -0.2) is 51.4 Å². The molecule has 1 unspecified atom stereocenters. The molecule has 1 rings (SSSR count). The van der Waals surface area contributed by atoms with Crippen LogP contribution in [0.15, 0.2) is 0 Å². The van der Waals surface area contributed by atoms with Gasteiger partial charge in [-0.05, 0) is 0 Å². The number of hydrogen-bond acceptors (Lipinski definition) is 5. The zero-order valence-electron chi connectivity index (χ0n) is 5.51. The van der Waals surface area contributed by atoms with Gasteiger partial charge in [0.15, 0.2) is 0 Å². The molecule has 0 aromatic carbocycles. The number of aliphatic hydroxyl groups is 4. The van der Waals surface area contributed by atoms with E-state index < -0.39 is 31.0 Å². The Morgan fingerprint density at radius 2 is 1.91 bits per heavy atom. The first-order valence-corrected chi connectivity index (χ1v) is 3.03. The van der Waals surface area contributed by atoms with E-state index in [0.29, 0.717) is 0 Å². The van der Waals surface area contributed by atoms with Crippen molar-refractivity contribution < 1.29 is 29.6 Å². The molecule has 0 radical (unpaired) electrons. The summed E-state index contributed by atoms with van der Waals surface area (Å²) in [4.78, 5) is 0. The largest absolute Gasteiger partial charge is 0.388 e. The number of rotatable bonds is 0. The highest BCUT2D eigenvalue weighted by Crippen LogP contribution is 2.25. The molecule has 0 amide bonds. The van der Waals surface area contributed by atoms with Gasteiger partial charge < -0.3 is 25.2 Å². The lowest BCUT2D eigenvalue weighted by Gasteiger charge is -2.36. The van der Waals surface area contributed by atoms with Gasteiger partial charge >= 0.3 is 0 Å². The van der Waals surface area contributed by atoms with E-state index in [-0.39, 0.29) is 0 Å². The zero-order chi connectivity index (χ0) is 8.65. The summed E-state index contributed by atoms with van der Waals surface area (Å²) in [6, 6.07) is 0. The van der Waals surface area contributed by atoms with E-state index in [0.717, 1.165) is 0 Å². The number of ether oxygens (including phenoxy) is 1. The average Bonchev–Trinajstić information content (AvgIpc) is 1.95. The topological polar surface area (TPSA) is 90.2 Å². The summed E-state index contributed by atoms with van der Waals surface area (Å²) in [5, 5.41) is 34.7. The van der Waals surface area contributed by atoms with Crippen molar-refractivity contribution in [3.63, 3.8) is 0 Å². The molecule has 0 aliphatic carbocycles. The zero-order valence-corrected chi connectivity index (χ0v) is 5.51. The van der Waals surface area contributed by atoms with Gasteiger partial charge in [0.2, 0.25) is 6.29 Å². The van der Waals surface area contributed by atoms with Crippen molar-refractivity contribution in [2.45, 2.75) is 24.4 Å². The lowest BCUT2D eigenvalue weighted by molar-refractivity contribution is -0.349. The van der Waals surface area contributed by atoms with Crippen molar-refractivity contribution in [3.05, 3.63) is 0 Å². The van der Waals surface area contributed by atoms with Crippen molar-refractivity contribution in [2.24, 2.45) is 0 Å². The molecule has 1 aliphatic heterocycles. The summed E-state index contributed by atoms with van der Waals surface area (Å²) in [6.45, 7) is -0.408. The SMILES string of the molecule is OC1OC[C@@H](O)[C@H](O)[C@@]1(O)F. The van der Waals surface area contributed by atoms with Crippen LogP contribution in [0.2, 0.25) is 0 Å². The molecule has 0 spiro atoms. The number of hydrogen-bond donors (Lipinski definition) is 4. The minimum Gasteiger partial charge on any atom is -0.388 e. The fourth-order valence-electron chi connectivity index (χ4n) is 0.814. The molecule has 4 atom stereocenters. The lowest BCUT2D eigenvalue weighted by Crippen LogP contribution is -2.60. The molecule has 0 bridgehead atoms. The maximum atomic E-state index is 12.7. The van der Waals surface area contributed by atoms with E-state index in [9.17, 15) is 4.39 Å². The molecule has 66 valence electrons. The van der Waals surface area contributed by atoms with Crippen molar-refractivity contribution in [1.29, 1.82) is 0 Å². The van der Waals surface area contributed by atoms with Crippen LogP contribution >= 0.6 is 0 Å². The summed E-state index contributed by atoms with van der Waals surface area (Å²) in [6.07, 6.45) is -5.67. The maximum Gasteiger partial charge on any atom is 0.286 e. The van der Waals surface area contributed by atoms with Crippen LogP contribution in [-0.2, 0) is 4.74 Å². The molecule has 6 heteroatoms. The quantitative estimate of drug-likeness (QED) is 0.327. The highest BCUT2D eigenvalue weighted by atomic mass is 19.2. The van der Waals surface area contributed by atoms with Crippen molar-refractivity contribution in [3.8, 4) is 0 Å². The second-order valence-electron chi connectivity index (χ2n) is 2.43. The van der Waals surface area contributed by atoms with Crippen LogP contribution in [0.25, 0.3) is 0 Å². The van der Waals surface area contributed by atoms with Crippen molar-refractivity contribution >= 4 is 0 Å². The fourth-order valence-corrected chi connectivity index (χ4v) is 0.814. The Morgan fingerprint density at radius 1 is 1.36 bits per heavy atom. The Bertz CT molecular complexity index is 150. The third-order valence-electron chi connectivity index (χ3n) is 1.55. The molecule has 0 aromatic rings. The average molecular weight is 168 g/mol. The van der Waals surface area contributed by atoms with Crippen molar-refractivity contribution in [1.82, 2.24) is 0 Å². The van der Waals surface area contributed by atoms with Gasteiger partial charge in [-0.1, -0.05) is 0 Å². The highest BCUT2D eigenvalue weighted by Gasteiger charge is 2.51. The van der Waals surface area contributed by atoms with Crippen LogP contribution in [0.1, 0.15) is 0 Å². The van der Waals surface area contributed by atoms with Crippen LogP contribution in [0.4, 0.5) is 4.39 Å². The summed E-state index contributed by atoms with van der Waals surface area (Å²) < 4.78 is 16.9. The van der Waals surface area contributed by atoms with E-state index in [1.165, 1.54) is 0 Å². The minimum absolute atomic E-state index is 0.408. The third kappa shape index (κ3) is 1.35. The summed E-state index contributed by atoms with van der Waals surface area (Å²) >= 11 is 0. The lowest BCUT2D eigenvalue weighted by atomic mass is 10.0. The molecular formula is C5H9FO5. The number of alkyl halides is 1. The molecule has 1 fully saturated rings. The molecule has 0 saturated carbocycles. The normalized spacial score (nSPS) is 52.6. The van der Waals surface area contributed by atoms with E-state index in [1.54, 1.807) is 0 Å². The Hall–Kier alpha value is -0.270. The van der Waals surface area contributed by atoms with Crippen LogP contribution in [0, 0.1) is 0 Å². The Kier molecular flexibility index (Phi) is 2.13. The first kappa shape index (κ1) is 8.82. The van der Waals surface area contributed by atoms with Gasteiger partial charge in [0, 0.05) is 0 Å². The molecule has 5 nitrogen and oxygen atoms in total. The predicted molar refractivity (Wildman–Crippen MR) is 30.0 cm³/mol. The van der Waals surface area contributed by atoms with E-state index in [1.807, 2.05) is 0 Å². The molecular weight excluding hydrogens is 159 g/mol. The minimum atomic E-state index is -3.29. The van der Waals surface area contributed by atoms with Gasteiger partial charge in [-0.25, -0.2) is 4.39 Å². The summed E-state index contributed by atoms with van der Waals surface area (Å²) in [5.74, 6) is -3.29. The second-order valence-corrected chi connectivity index (χ2v) is 2.43. The first-order valence-electron chi connectivity index (χ1n) is 3.03. The third-order valence-corrected chi connectivity index (χ3v) is 1.55. The fraction of sp³-hybridized carbons (Fsp3) is 1.00. The molecule has 0 aromatic heterocycles. The highest BCUT2D eigenvalue weighted by molar-refractivity contribution is 4.88. The molecule has 1 heterocycles. The van der Waals surface area contributed by atoms with Crippen molar-refractivity contribution in [2.75, 3.05) is 6.61 Å². The Balaban J connectivity index is 2.72. The molecule has 1 saturated heterocycles. The summed E-state index contributed by atoms with van der Waals surface area (Å²) in [7, 11) is 0. The predicted octanol–water partition coefficient (Wildman–Crippen LogP) is -2.29. The van der Waals surface area contributed by atoms with Gasteiger partial charge in [0.05, 0.1) is 6.61 Å². The van der Waals surface area contributed by atoms with Gasteiger partial charge in [-0.15, -0.1) is 0 Å². The number of aliphatic hydroxyl groups excluding tert-OH is 3. The van der Waals surface area contributed by atoms with Crippen LogP contribution in [0.5, 0.6) is 0 Å². The van der Waals surface area contributed by atoms with Gasteiger partial charge in [-0.2, -0.15) is 0 Å². The number of halogens is 1. The molecule has 1 aliphatic rings. The monoisotopic (exact) mass is 168 g/mol. The molecule has 11 heavy (non-hydrogen) atoms. The second kappa shape index (κ2) is 2.65. The Labute approximate surface area is 61.6 Å². The van der Waals surface area contributed by atoms with E-state index in [2.05, 4.69) is 4.74 Å². The van der Waals surface area contributed by atoms with Crippen LogP contribution in [0.3, 0.4) is 0 Å². The van der Waals surface area contributed by atoms with Gasteiger partial charge in [0.25, 0.3) is 5.85 Å². The molecule has 4 N–H and O–H groups in total. The van der Waals surface area contributed by atoms with E-state index >= 15 is 0 Å². The Morgan fingerprint density at radius 3 is 2.36 bits per heavy atom. The maximum absolute atomic E-state index is 12.7. The van der Waals surface area contributed by atoms with Crippen LogP contribution < -0.4 is 0 Å².